The fraction of sp³-hybridized carbons (Fsp3) is 0.111. The Morgan fingerprint density at radius 3 is 3.08 bits per heavy atom. The molecule has 4 rings (SSSR count). The van der Waals surface area contributed by atoms with Crippen molar-refractivity contribution in [2.24, 2.45) is 0 Å². The molecule has 0 atom stereocenters. The number of carbonyl (C=O) groups excluding carboxylic acids is 1. The number of imidazole rings is 1. The summed E-state index contributed by atoms with van der Waals surface area (Å²) in [6, 6.07) is 11.3. The zero-order chi connectivity index (χ0) is 16.5. The van der Waals surface area contributed by atoms with Gasteiger partial charge in [-0.05, 0) is 36.4 Å². The van der Waals surface area contributed by atoms with Gasteiger partial charge in [-0.15, -0.1) is 0 Å². The van der Waals surface area contributed by atoms with Crippen LogP contribution in [0.1, 0.15) is 16.1 Å². The second-order valence-corrected chi connectivity index (χ2v) is 6.31. The van der Waals surface area contributed by atoms with Gasteiger partial charge in [0.25, 0.3) is 0 Å². The average molecular weight is 385 g/mol. The molecule has 3 heterocycles. The van der Waals surface area contributed by atoms with Crippen molar-refractivity contribution in [2.75, 3.05) is 6.61 Å². The van der Waals surface area contributed by atoms with Crippen LogP contribution in [-0.2, 0) is 11.2 Å². The maximum absolute atomic E-state index is 12.1. The van der Waals surface area contributed by atoms with Crippen molar-refractivity contribution < 1.29 is 13.9 Å². The maximum atomic E-state index is 12.1. The summed E-state index contributed by atoms with van der Waals surface area (Å²) in [5.74, 6) is 0.436. The molecule has 0 aliphatic carbocycles. The van der Waals surface area contributed by atoms with E-state index < -0.39 is 0 Å². The molecule has 5 nitrogen and oxygen atoms in total. The lowest BCUT2D eigenvalue weighted by molar-refractivity contribution is 0.0504. The van der Waals surface area contributed by atoms with Crippen molar-refractivity contribution >= 4 is 38.5 Å². The van der Waals surface area contributed by atoms with E-state index in [1.165, 1.54) is 0 Å². The van der Waals surface area contributed by atoms with Crippen molar-refractivity contribution in [1.29, 1.82) is 0 Å². The number of ether oxygens (including phenoxy) is 1. The molecule has 6 heteroatoms. The molecule has 0 N–H and O–H groups in total. The van der Waals surface area contributed by atoms with E-state index in [-0.39, 0.29) is 12.6 Å². The average Bonchev–Trinajstić information content (AvgIpc) is 3.19. The van der Waals surface area contributed by atoms with Crippen LogP contribution in [0.4, 0.5) is 0 Å². The number of halogens is 1. The smallest absolute Gasteiger partial charge is 0.339 e. The Kier molecular flexibility index (Phi) is 3.82. The molecule has 0 amide bonds. The number of carbonyl (C=O) groups is 1. The molecule has 0 spiro atoms. The molecule has 4 aromatic rings. The molecule has 3 aromatic heterocycles. The molecule has 0 aliphatic rings. The SMILES string of the molecule is O=C(OCCc1cc2cc(Br)ccc2o1)c1ccc2nccn2c1. The highest BCUT2D eigenvalue weighted by atomic mass is 79.9. The van der Waals surface area contributed by atoms with E-state index in [1.807, 2.05) is 24.3 Å². The monoisotopic (exact) mass is 384 g/mol. The minimum absolute atomic E-state index is 0.266. The van der Waals surface area contributed by atoms with Crippen LogP contribution in [0.5, 0.6) is 0 Å². The van der Waals surface area contributed by atoms with Crippen molar-refractivity contribution in [1.82, 2.24) is 9.38 Å². The van der Waals surface area contributed by atoms with Gasteiger partial charge in [0.1, 0.15) is 17.0 Å². The third-order valence-corrected chi connectivity index (χ3v) is 4.23. The number of pyridine rings is 1. The first kappa shape index (κ1) is 15.0. The summed E-state index contributed by atoms with van der Waals surface area (Å²) in [6.07, 6.45) is 5.72. The number of rotatable bonds is 4. The third-order valence-electron chi connectivity index (χ3n) is 3.74. The highest BCUT2D eigenvalue weighted by molar-refractivity contribution is 9.10. The summed E-state index contributed by atoms with van der Waals surface area (Å²) in [4.78, 5) is 16.3. The van der Waals surface area contributed by atoms with Crippen LogP contribution in [0, 0.1) is 0 Å². The van der Waals surface area contributed by atoms with Crippen LogP contribution in [-0.4, -0.2) is 22.0 Å². The van der Waals surface area contributed by atoms with Gasteiger partial charge in [-0.3, -0.25) is 0 Å². The van der Waals surface area contributed by atoms with Gasteiger partial charge in [-0.2, -0.15) is 0 Å². The van der Waals surface area contributed by atoms with Gasteiger partial charge >= 0.3 is 5.97 Å². The van der Waals surface area contributed by atoms with Gasteiger partial charge in [0, 0.05) is 34.9 Å². The predicted molar refractivity (Wildman–Crippen MR) is 93.1 cm³/mol. The Labute approximate surface area is 146 Å². The molecule has 0 fully saturated rings. The second kappa shape index (κ2) is 6.13. The van der Waals surface area contributed by atoms with E-state index in [2.05, 4.69) is 20.9 Å². The van der Waals surface area contributed by atoms with E-state index in [1.54, 1.807) is 35.1 Å². The van der Waals surface area contributed by atoms with Crippen LogP contribution in [0.3, 0.4) is 0 Å². The Morgan fingerprint density at radius 1 is 1.25 bits per heavy atom. The zero-order valence-electron chi connectivity index (χ0n) is 12.6. The number of benzene rings is 1. The molecule has 0 bridgehead atoms. The first-order valence-corrected chi connectivity index (χ1v) is 8.26. The number of furan rings is 1. The fourth-order valence-corrected chi connectivity index (χ4v) is 2.94. The Balaban J connectivity index is 1.41. The van der Waals surface area contributed by atoms with Crippen molar-refractivity contribution in [3.05, 3.63) is 70.8 Å². The second-order valence-electron chi connectivity index (χ2n) is 5.39. The van der Waals surface area contributed by atoms with Gasteiger partial charge in [-0.1, -0.05) is 15.9 Å². The number of hydrogen-bond acceptors (Lipinski definition) is 4. The Morgan fingerprint density at radius 2 is 2.17 bits per heavy atom. The van der Waals surface area contributed by atoms with Crippen LogP contribution in [0.2, 0.25) is 0 Å². The fourth-order valence-electron chi connectivity index (χ4n) is 2.56. The van der Waals surface area contributed by atoms with Gasteiger partial charge in [0.05, 0.1) is 12.2 Å². The minimum Gasteiger partial charge on any atom is -0.462 e. The van der Waals surface area contributed by atoms with E-state index >= 15 is 0 Å². The lowest BCUT2D eigenvalue weighted by atomic mass is 10.2. The van der Waals surface area contributed by atoms with E-state index in [0.717, 1.165) is 26.8 Å². The maximum Gasteiger partial charge on any atom is 0.339 e. The summed E-state index contributed by atoms with van der Waals surface area (Å²) in [5, 5.41) is 1.02. The summed E-state index contributed by atoms with van der Waals surface area (Å²) >= 11 is 3.44. The van der Waals surface area contributed by atoms with Crippen LogP contribution < -0.4 is 0 Å². The molecule has 0 saturated carbocycles. The third kappa shape index (κ3) is 2.92. The zero-order valence-corrected chi connectivity index (χ0v) is 14.2. The van der Waals surface area contributed by atoms with Crippen molar-refractivity contribution in [2.45, 2.75) is 6.42 Å². The molecule has 0 unspecified atom stereocenters. The lowest BCUT2D eigenvalue weighted by Crippen LogP contribution is -2.08. The Hall–Kier alpha value is -2.60. The van der Waals surface area contributed by atoms with Crippen molar-refractivity contribution in [3.63, 3.8) is 0 Å². The largest absolute Gasteiger partial charge is 0.462 e. The van der Waals surface area contributed by atoms with E-state index in [4.69, 9.17) is 9.15 Å². The number of fused-ring (bicyclic) bond motifs is 2. The molecule has 1 aromatic carbocycles. The topological polar surface area (TPSA) is 56.7 Å². The first-order chi connectivity index (χ1) is 11.7. The minimum atomic E-state index is -0.357. The molecule has 0 radical (unpaired) electrons. The quantitative estimate of drug-likeness (QED) is 0.493. The molecule has 0 saturated heterocycles. The molecule has 120 valence electrons. The number of hydrogen-bond donors (Lipinski definition) is 0. The molecular weight excluding hydrogens is 372 g/mol. The molecule has 24 heavy (non-hydrogen) atoms. The summed E-state index contributed by atoms with van der Waals surface area (Å²) in [7, 11) is 0. The lowest BCUT2D eigenvalue weighted by Gasteiger charge is -2.04. The van der Waals surface area contributed by atoms with Gasteiger partial charge < -0.3 is 13.6 Å². The van der Waals surface area contributed by atoms with Crippen LogP contribution in [0.15, 0.2) is 63.9 Å². The van der Waals surface area contributed by atoms with E-state index in [9.17, 15) is 4.79 Å². The highest BCUT2D eigenvalue weighted by Crippen LogP contribution is 2.23. The first-order valence-electron chi connectivity index (χ1n) is 7.47. The van der Waals surface area contributed by atoms with Crippen molar-refractivity contribution in [3.8, 4) is 0 Å². The normalized spacial score (nSPS) is 11.2. The van der Waals surface area contributed by atoms with Crippen LogP contribution >= 0.6 is 15.9 Å². The number of nitrogens with zero attached hydrogens (tertiary/aromatic N) is 2. The molecule has 0 aliphatic heterocycles. The van der Waals surface area contributed by atoms with Gasteiger partial charge in [0.15, 0.2) is 0 Å². The summed E-state index contributed by atoms with van der Waals surface area (Å²) in [5.41, 5.74) is 2.11. The molecular formula is C18H13BrN2O3. The van der Waals surface area contributed by atoms with Gasteiger partial charge in [0.2, 0.25) is 0 Å². The Bertz CT molecular complexity index is 1040. The van der Waals surface area contributed by atoms with Gasteiger partial charge in [-0.25, -0.2) is 9.78 Å². The number of esters is 1. The van der Waals surface area contributed by atoms with Crippen LogP contribution in [0.25, 0.3) is 16.6 Å². The standard InChI is InChI=1S/C18H13BrN2O3/c19-14-2-3-16-13(9-14)10-15(24-16)5-8-23-18(22)12-1-4-17-20-6-7-21(17)11-12/h1-4,6-7,9-11H,5,8H2. The summed E-state index contributed by atoms with van der Waals surface area (Å²) in [6.45, 7) is 0.266. The number of aromatic nitrogens is 2. The van der Waals surface area contributed by atoms with E-state index in [0.29, 0.717) is 12.0 Å². The summed E-state index contributed by atoms with van der Waals surface area (Å²) < 4.78 is 13.9. The highest BCUT2D eigenvalue weighted by Gasteiger charge is 2.10. The predicted octanol–water partition coefficient (Wildman–Crippen LogP) is 4.24.